The maximum Gasteiger partial charge on any atom is 0.269 e. The number of nitro groups is 1. The molecular formula is C14H12BrClN2O3. The quantitative estimate of drug-likeness (QED) is 0.611. The lowest BCUT2D eigenvalue weighted by atomic mass is 10.1. The van der Waals surface area contributed by atoms with E-state index in [0.717, 1.165) is 10.2 Å². The average Bonchev–Trinajstić information content (AvgIpc) is 2.48. The summed E-state index contributed by atoms with van der Waals surface area (Å²) in [6.45, 7) is 0.261. The molecule has 1 atom stereocenters. The summed E-state index contributed by atoms with van der Waals surface area (Å²) in [5.74, 6) is 0. The SMILES string of the molecule is O=[N+]([O-])c1ccc(C(O)CNc2cc(Cl)ccc2Br)cc1. The number of nitro benzene ring substituents is 1. The van der Waals surface area contributed by atoms with E-state index in [4.69, 9.17) is 11.6 Å². The van der Waals surface area contributed by atoms with Gasteiger partial charge in [0.15, 0.2) is 0 Å². The van der Waals surface area contributed by atoms with Gasteiger partial charge in [-0.2, -0.15) is 0 Å². The minimum Gasteiger partial charge on any atom is -0.387 e. The summed E-state index contributed by atoms with van der Waals surface area (Å²) in [5.41, 5.74) is 1.37. The third kappa shape index (κ3) is 4.17. The molecule has 2 aromatic carbocycles. The van der Waals surface area contributed by atoms with Crippen LogP contribution in [0.3, 0.4) is 0 Å². The number of rotatable bonds is 5. The van der Waals surface area contributed by atoms with Gasteiger partial charge in [-0.15, -0.1) is 0 Å². The molecule has 2 rings (SSSR count). The minimum atomic E-state index is -0.781. The highest BCUT2D eigenvalue weighted by molar-refractivity contribution is 9.10. The molecule has 2 aromatic rings. The first kappa shape index (κ1) is 15.8. The van der Waals surface area contributed by atoms with E-state index < -0.39 is 11.0 Å². The van der Waals surface area contributed by atoms with Crippen molar-refractivity contribution in [3.8, 4) is 0 Å². The summed E-state index contributed by atoms with van der Waals surface area (Å²) in [6.07, 6.45) is -0.781. The van der Waals surface area contributed by atoms with Gasteiger partial charge < -0.3 is 10.4 Å². The minimum absolute atomic E-state index is 0.00325. The third-order valence-electron chi connectivity index (χ3n) is 2.90. The van der Waals surface area contributed by atoms with Crippen LogP contribution in [0.5, 0.6) is 0 Å². The van der Waals surface area contributed by atoms with E-state index in [9.17, 15) is 15.2 Å². The summed E-state index contributed by atoms with van der Waals surface area (Å²) in [4.78, 5) is 10.1. The molecule has 0 saturated heterocycles. The van der Waals surface area contributed by atoms with Gasteiger partial charge >= 0.3 is 0 Å². The predicted octanol–water partition coefficient (Wildman–Crippen LogP) is 4.16. The highest BCUT2D eigenvalue weighted by Crippen LogP contribution is 2.27. The van der Waals surface area contributed by atoms with Gasteiger partial charge in [0.25, 0.3) is 5.69 Å². The van der Waals surface area contributed by atoms with Crippen molar-refractivity contribution < 1.29 is 10.0 Å². The van der Waals surface area contributed by atoms with Gasteiger partial charge in [0, 0.05) is 28.2 Å². The van der Waals surface area contributed by atoms with E-state index in [2.05, 4.69) is 21.2 Å². The molecule has 2 N–H and O–H groups in total. The van der Waals surface area contributed by atoms with Crippen LogP contribution in [-0.2, 0) is 0 Å². The fourth-order valence-electron chi connectivity index (χ4n) is 1.78. The van der Waals surface area contributed by atoms with Crippen LogP contribution < -0.4 is 5.32 Å². The van der Waals surface area contributed by atoms with Crippen LogP contribution in [0.15, 0.2) is 46.9 Å². The van der Waals surface area contributed by atoms with Crippen molar-refractivity contribution in [2.45, 2.75) is 6.10 Å². The number of hydrogen-bond donors (Lipinski definition) is 2. The number of aliphatic hydroxyl groups excluding tert-OH is 1. The number of anilines is 1. The molecule has 0 aliphatic heterocycles. The van der Waals surface area contributed by atoms with Crippen molar-refractivity contribution in [2.24, 2.45) is 0 Å². The normalized spacial score (nSPS) is 12.0. The van der Waals surface area contributed by atoms with Crippen molar-refractivity contribution in [1.82, 2.24) is 0 Å². The molecule has 1 unspecified atom stereocenters. The number of aliphatic hydroxyl groups is 1. The first-order valence-electron chi connectivity index (χ1n) is 6.08. The fourth-order valence-corrected chi connectivity index (χ4v) is 2.33. The third-order valence-corrected chi connectivity index (χ3v) is 3.83. The average molecular weight is 372 g/mol. The number of nitrogens with zero attached hydrogens (tertiary/aromatic N) is 1. The zero-order chi connectivity index (χ0) is 15.4. The van der Waals surface area contributed by atoms with Crippen molar-refractivity contribution in [2.75, 3.05) is 11.9 Å². The van der Waals surface area contributed by atoms with E-state index in [1.165, 1.54) is 24.3 Å². The molecule has 0 amide bonds. The van der Waals surface area contributed by atoms with E-state index in [-0.39, 0.29) is 12.2 Å². The Kier molecular flexibility index (Phi) is 5.17. The van der Waals surface area contributed by atoms with Crippen molar-refractivity contribution in [3.63, 3.8) is 0 Å². The second kappa shape index (κ2) is 6.89. The topological polar surface area (TPSA) is 75.4 Å². The molecule has 0 aliphatic rings. The van der Waals surface area contributed by atoms with Gasteiger partial charge in [-0.25, -0.2) is 0 Å². The van der Waals surface area contributed by atoms with E-state index >= 15 is 0 Å². The Morgan fingerprint density at radius 3 is 2.57 bits per heavy atom. The van der Waals surface area contributed by atoms with E-state index in [0.29, 0.717) is 10.6 Å². The number of benzene rings is 2. The van der Waals surface area contributed by atoms with Crippen LogP contribution in [0.4, 0.5) is 11.4 Å². The molecular weight excluding hydrogens is 360 g/mol. The predicted molar refractivity (Wildman–Crippen MR) is 85.7 cm³/mol. The Bertz CT molecular complexity index is 649. The molecule has 0 bridgehead atoms. The van der Waals surface area contributed by atoms with Crippen LogP contribution in [0.1, 0.15) is 11.7 Å². The van der Waals surface area contributed by atoms with Crippen LogP contribution >= 0.6 is 27.5 Å². The molecule has 21 heavy (non-hydrogen) atoms. The first-order chi connectivity index (χ1) is 9.97. The Labute approximate surface area is 134 Å². The lowest BCUT2D eigenvalue weighted by Gasteiger charge is -2.14. The van der Waals surface area contributed by atoms with E-state index in [1.807, 2.05) is 6.07 Å². The molecule has 0 radical (unpaired) electrons. The molecule has 0 aliphatic carbocycles. The van der Waals surface area contributed by atoms with Gasteiger partial charge in [-0.1, -0.05) is 11.6 Å². The standard InChI is InChI=1S/C14H12BrClN2O3/c15-12-6-3-10(16)7-13(12)17-8-14(19)9-1-4-11(5-2-9)18(20)21/h1-7,14,17,19H,8H2. The number of non-ortho nitro benzene ring substituents is 1. The lowest BCUT2D eigenvalue weighted by molar-refractivity contribution is -0.384. The molecule has 7 heteroatoms. The molecule has 0 heterocycles. The van der Waals surface area contributed by atoms with Crippen LogP contribution in [0.2, 0.25) is 5.02 Å². The number of hydrogen-bond acceptors (Lipinski definition) is 4. The Morgan fingerprint density at radius 2 is 1.95 bits per heavy atom. The number of nitrogens with one attached hydrogen (secondary N) is 1. The highest BCUT2D eigenvalue weighted by Gasteiger charge is 2.11. The van der Waals surface area contributed by atoms with Crippen LogP contribution in [0, 0.1) is 10.1 Å². The van der Waals surface area contributed by atoms with Gasteiger partial charge in [-0.05, 0) is 51.8 Å². The molecule has 110 valence electrons. The monoisotopic (exact) mass is 370 g/mol. The maximum absolute atomic E-state index is 10.6. The number of halogens is 2. The van der Waals surface area contributed by atoms with Crippen LogP contribution in [0.25, 0.3) is 0 Å². The van der Waals surface area contributed by atoms with Gasteiger partial charge in [0.2, 0.25) is 0 Å². The largest absolute Gasteiger partial charge is 0.387 e. The molecule has 0 aromatic heterocycles. The first-order valence-corrected chi connectivity index (χ1v) is 7.26. The van der Waals surface area contributed by atoms with E-state index in [1.54, 1.807) is 12.1 Å². The van der Waals surface area contributed by atoms with Crippen molar-refractivity contribution in [3.05, 3.63) is 67.6 Å². The fraction of sp³-hybridized carbons (Fsp3) is 0.143. The second-order valence-electron chi connectivity index (χ2n) is 4.37. The van der Waals surface area contributed by atoms with Crippen molar-refractivity contribution in [1.29, 1.82) is 0 Å². The second-order valence-corrected chi connectivity index (χ2v) is 5.66. The van der Waals surface area contributed by atoms with Crippen LogP contribution in [-0.4, -0.2) is 16.6 Å². The Balaban J connectivity index is 2.02. The highest BCUT2D eigenvalue weighted by atomic mass is 79.9. The van der Waals surface area contributed by atoms with Crippen molar-refractivity contribution >= 4 is 38.9 Å². The molecule has 0 fully saturated rings. The molecule has 0 spiro atoms. The maximum atomic E-state index is 10.6. The van der Waals surface area contributed by atoms with Gasteiger partial charge in [0.1, 0.15) is 0 Å². The molecule has 0 saturated carbocycles. The van der Waals surface area contributed by atoms with Gasteiger partial charge in [0.05, 0.1) is 16.7 Å². The summed E-state index contributed by atoms with van der Waals surface area (Å²) >= 11 is 9.29. The summed E-state index contributed by atoms with van der Waals surface area (Å²) < 4.78 is 0.836. The zero-order valence-electron chi connectivity index (χ0n) is 10.8. The smallest absolute Gasteiger partial charge is 0.269 e. The Morgan fingerprint density at radius 1 is 1.29 bits per heavy atom. The Hall–Kier alpha value is -1.63. The summed E-state index contributed by atoms with van der Waals surface area (Å²) in [5, 5.41) is 24.3. The zero-order valence-corrected chi connectivity index (χ0v) is 13.1. The van der Waals surface area contributed by atoms with Gasteiger partial charge in [-0.3, -0.25) is 10.1 Å². The summed E-state index contributed by atoms with van der Waals surface area (Å²) in [7, 11) is 0. The lowest BCUT2D eigenvalue weighted by Crippen LogP contribution is -2.12. The summed E-state index contributed by atoms with van der Waals surface area (Å²) in [6, 6.07) is 11.1. The molecule has 5 nitrogen and oxygen atoms in total.